The van der Waals surface area contributed by atoms with Gasteiger partial charge in [-0.1, -0.05) is 41.1 Å². The lowest BCUT2D eigenvalue weighted by Gasteiger charge is -2.06. The van der Waals surface area contributed by atoms with E-state index in [1.165, 1.54) is 16.9 Å². The third-order valence-corrected chi connectivity index (χ3v) is 6.71. The molecule has 4 aromatic rings. The van der Waals surface area contributed by atoms with Gasteiger partial charge in [0.1, 0.15) is 0 Å². The highest BCUT2D eigenvalue weighted by atomic mass is 35.5. The van der Waals surface area contributed by atoms with Gasteiger partial charge in [-0.05, 0) is 41.8 Å². The van der Waals surface area contributed by atoms with Crippen molar-refractivity contribution in [3.8, 4) is 0 Å². The fourth-order valence-electron chi connectivity index (χ4n) is 3.73. The molecule has 0 bridgehead atoms. The average molecular weight is 462 g/mol. The Hall–Kier alpha value is -3.29. The Morgan fingerprint density at radius 3 is 3.00 bits per heavy atom. The molecule has 2 aromatic heterocycles. The van der Waals surface area contributed by atoms with E-state index in [1.807, 2.05) is 48.0 Å². The first-order valence-electron chi connectivity index (χ1n) is 10.2. The number of rotatable bonds is 7. The fourth-order valence-corrected chi connectivity index (χ4v) is 4.79. The normalized spacial score (nSPS) is 12.5. The third kappa shape index (κ3) is 4.35. The van der Waals surface area contributed by atoms with Gasteiger partial charge in [0.25, 0.3) is 0 Å². The zero-order chi connectivity index (χ0) is 22.1. The fraction of sp³-hybridized carbons (Fsp3) is 0.167. The number of thiazole rings is 1. The zero-order valence-electron chi connectivity index (χ0n) is 17.4. The largest absolute Gasteiger partial charge is 0.332 e. The number of carbonyl (C=O) groups excluding carboxylic acids is 1. The maximum Gasteiger partial charge on any atom is 0.187 e. The Balaban J connectivity index is 1.27. The van der Waals surface area contributed by atoms with Crippen molar-refractivity contribution in [2.45, 2.75) is 26.3 Å². The summed E-state index contributed by atoms with van der Waals surface area (Å²) >= 11 is 7.62. The summed E-state index contributed by atoms with van der Waals surface area (Å²) in [6.45, 7) is 2.70. The van der Waals surface area contributed by atoms with E-state index in [0.717, 1.165) is 41.2 Å². The van der Waals surface area contributed by atoms with Crippen LogP contribution in [0.1, 0.15) is 26.4 Å². The summed E-state index contributed by atoms with van der Waals surface area (Å²) in [5.41, 5.74) is 6.05. The number of hydrogen-bond acceptors (Lipinski definition) is 6. The van der Waals surface area contributed by atoms with Crippen molar-refractivity contribution in [3.05, 3.63) is 87.9 Å². The molecule has 0 unspecified atom stereocenters. The van der Waals surface area contributed by atoms with Crippen LogP contribution in [0.25, 0.3) is 0 Å². The summed E-state index contributed by atoms with van der Waals surface area (Å²) in [4.78, 5) is 26.6. The first kappa shape index (κ1) is 20.6. The van der Waals surface area contributed by atoms with Crippen molar-refractivity contribution in [2.75, 3.05) is 5.32 Å². The maximum atomic E-state index is 12.8. The van der Waals surface area contributed by atoms with Crippen LogP contribution in [0.3, 0.4) is 0 Å². The number of aliphatic imine (C=N–C) groups is 1. The van der Waals surface area contributed by atoms with Crippen molar-refractivity contribution in [2.24, 2.45) is 4.99 Å². The average Bonchev–Trinajstić information content (AvgIpc) is 3.52. The van der Waals surface area contributed by atoms with Crippen LogP contribution in [0.4, 0.5) is 16.5 Å². The summed E-state index contributed by atoms with van der Waals surface area (Å²) in [5, 5.41) is 4.59. The second kappa shape index (κ2) is 8.68. The molecular formula is C24H20ClN5OS. The van der Waals surface area contributed by atoms with E-state index >= 15 is 0 Å². The predicted molar refractivity (Wildman–Crippen MR) is 129 cm³/mol. The van der Waals surface area contributed by atoms with E-state index in [9.17, 15) is 4.79 Å². The molecule has 2 aromatic carbocycles. The van der Waals surface area contributed by atoms with Gasteiger partial charge in [0.2, 0.25) is 0 Å². The molecule has 160 valence electrons. The number of aryl methyl sites for hydroxylation is 1. The monoisotopic (exact) mass is 461 g/mol. The summed E-state index contributed by atoms with van der Waals surface area (Å²) in [5.74, 6) is 0.00875. The minimum Gasteiger partial charge on any atom is -0.332 e. The van der Waals surface area contributed by atoms with Crippen molar-refractivity contribution < 1.29 is 4.79 Å². The molecule has 3 heterocycles. The van der Waals surface area contributed by atoms with E-state index in [0.29, 0.717) is 15.0 Å². The van der Waals surface area contributed by atoms with E-state index in [-0.39, 0.29) is 12.2 Å². The number of nitrogens with zero attached hydrogens (tertiary/aromatic N) is 4. The van der Waals surface area contributed by atoms with E-state index < -0.39 is 0 Å². The van der Waals surface area contributed by atoms with Gasteiger partial charge in [0.05, 0.1) is 29.6 Å². The van der Waals surface area contributed by atoms with Gasteiger partial charge in [0, 0.05) is 41.7 Å². The van der Waals surface area contributed by atoms with Crippen LogP contribution in [-0.4, -0.2) is 26.0 Å². The zero-order valence-corrected chi connectivity index (χ0v) is 19.0. The lowest BCUT2D eigenvalue weighted by molar-refractivity contribution is 0.0996. The molecule has 6 nitrogen and oxygen atoms in total. The van der Waals surface area contributed by atoms with Gasteiger partial charge in [-0.3, -0.25) is 9.79 Å². The lowest BCUT2D eigenvalue weighted by atomic mass is 10.0. The summed E-state index contributed by atoms with van der Waals surface area (Å²) < 4.78 is 2.02. The third-order valence-electron chi connectivity index (χ3n) is 5.40. The number of hydrogen-bond donors (Lipinski definition) is 1. The maximum absolute atomic E-state index is 12.8. The molecule has 5 rings (SSSR count). The lowest BCUT2D eigenvalue weighted by Crippen LogP contribution is -2.08. The molecule has 0 radical (unpaired) electrons. The first-order chi connectivity index (χ1) is 15.5. The molecule has 0 saturated carbocycles. The molecule has 0 amide bonds. The SMILES string of the molecule is Cc1cccc(Cl)c1CC(=O)c1cnc(Nc2ccc3c(c2)N=C(Cn2ccnc2)C3)s1. The van der Waals surface area contributed by atoms with Crippen LogP contribution >= 0.6 is 22.9 Å². The molecule has 8 heteroatoms. The summed E-state index contributed by atoms with van der Waals surface area (Å²) in [6, 6.07) is 11.8. The van der Waals surface area contributed by atoms with Crippen LogP contribution in [0.5, 0.6) is 0 Å². The minimum atomic E-state index is 0.00875. The number of fused-ring (bicyclic) bond motifs is 1. The number of carbonyl (C=O) groups is 1. The number of imidazole rings is 1. The highest BCUT2D eigenvalue weighted by Crippen LogP contribution is 2.32. The number of nitrogens with one attached hydrogen (secondary N) is 1. The van der Waals surface area contributed by atoms with E-state index in [2.05, 4.69) is 21.4 Å². The second-order valence-electron chi connectivity index (χ2n) is 7.72. The summed E-state index contributed by atoms with van der Waals surface area (Å²) in [6.07, 6.45) is 8.23. The van der Waals surface area contributed by atoms with Crippen molar-refractivity contribution >= 4 is 50.9 Å². The highest BCUT2D eigenvalue weighted by Gasteiger charge is 2.17. The molecule has 1 aliphatic heterocycles. The van der Waals surface area contributed by atoms with Crippen LogP contribution in [-0.2, 0) is 19.4 Å². The molecule has 0 atom stereocenters. The Bertz CT molecular complexity index is 1310. The topological polar surface area (TPSA) is 72.2 Å². The van der Waals surface area contributed by atoms with Crippen molar-refractivity contribution in [3.63, 3.8) is 0 Å². The quantitative estimate of drug-likeness (QED) is 0.353. The van der Waals surface area contributed by atoms with Crippen LogP contribution in [0, 0.1) is 6.92 Å². The molecule has 1 N–H and O–H groups in total. The first-order valence-corrected chi connectivity index (χ1v) is 11.4. The van der Waals surface area contributed by atoms with Crippen molar-refractivity contribution in [1.29, 1.82) is 0 Å². The van der Waals surface area contributed by atoms with Gasteiger partial charge in [0.15, 0.2) is 10.9 Å². The Labute approximate surface area is 194 Å². The van der Waals surface area contributed by atoms with Gasteiger partial charge < -0.3 is 9.88 Å². The second-order valence-corrected chi connectivity index (χ2v) is 9.16. The number of halogens is 1. The number of Topliss-reactive ketones (excluding diaryl/α,β-unsaturated/α-hetero) is 1. The van der Waals surface area contributed by atoms with E-state index in [4.69, 9.17) is 16.6 Å². The van der Waals surface area contributed by atoms with E-state index in [1.54, 1.807) is 18.7 Å². The molecule has 1 aliphatic rings. The molecular weight excluding hydrogens is 442 g/mol. The van der Waals surface area contributed by atoms with Crippen LogP contribution in [0.2, 0.25) is 5.02 Å². The molecule has 0 saturated heterocycles. The van der Waals surface area contributed by atoms with Gasteiger partial charge >= 0.3 is 0 Å². The van der Waals surface area contributed by atoms with Crippen LogP contribution in [0.15, 0.2) is 66.3 Å². The molecule has 0 spiro atoms. The number of anilines is 2. The highest BCUT2D eigenvalue weighted by molar-refractivity contribution is 7.17. The minimum absolute atomic E-state index is 0.00875. The van der Waals surface area contributed by atoms with Gasteiger partial charge in [-0.25, -0.2) is 9.97 Å². The Morgan fingerprint density at radius 1 is 1.28 bits per heavy atom. The van der Waals surface area contributed by atoms with Gasteiger partial charge in [-0.2, -0.15) is 0 Å². The molecule has 0 fully saturated rings. The van der Waals surface area contributed by atoms with Crippen molar-refractivity contribution in [1.82, 2.24) is 14.5 Å². The number of benzene rings is 2. The summed E-state index contributed by atoms with van der Waals surface area (Å²) in [7, 11) is 0. The Kier molecular flexibility index (Phi) is 5.59. The number of aromatic nitrogens is 3. The van der Waals surface area contributed by atoms with Gasteiger partial charge in [-0.15, -0.1) is 0 Å². The predicted octanol–water partition coefficient (Wildman–Crippen LogP) is 5.80. The smallest absolute Gasteiger partial charge is 0.187 e. The Morgan fingerprint density at radius 2 is 2.19 bits per heavy atom. The molecule has 0 aliphatic carbocycles. The van der Waals surface area contributed by atoms with Crippen LogP contribution < -0.4 is 5.32 Å². The number of ketones is 1. The standard InChI is InChI=1S/C24H20ClN5OS/c1-15-3-2-4-20(25)19(15)11-22(31)23-12-27-24(32-23)29-17-6-5-16-9-18(28-21(16)10-17)13-30-8-7-26-14-30/h2-8,10,12,14H,9,11,13H2,1H3,(H,27,29). The molecule has 32 heavy (non-hydrogen) atoms.